The summed E-state index contributed by atoms with van der Waals surface area (Å²) in [7, 11) is 8.05. The van der Waals surface area contributed by atoms with Crippen LogP contribution in [0.5, 0.6) is 0 Å². The number of nitrogens with zero attached hydrogens (tertiary/aromatic N) is 4. The van der Waals surface area contributed by atoms with Crippen LogP contribution in [0.4, 0.5) is 0 Å². The lowest BCUT2D eigenvalue weighted by atomic mass is 10.0. The minimum absolute atomic E-state index is 0.169. The smallest absolute Gasteiger partial charge is 0.195 e. The highest BCUT2D eigenvalue weighted by molar-refractivity contribution is 6.31. The number of ether oxygens (including phenoxy) is 1. The highest BCUT2D eigenvalue weighted by atomic mass is 35.5. The zero-order valence-electron chi connectivity index (χ0n) is 14.5. The molecule has 1 aromatic carbocycles. The van der Waals surface area contributed by atoms with Crippen LogP contribution >= 0.6 is 11.6 Å². The van der Waals surface area contributed by atoms with Crippen LogP contribution in [0, 0.1) is 0 Å². The molecular formula is C17H27ClN4O. The maximum atomic E-state index is 6.45. The van der Waals surface area contributed by atoms with Crippen molar-refractivity contribution in [1.82, 2.24) is 14.7 Å². The topological polar surface area (TPSA) is 31.3 Å². The van der Waals surface area contributed by atoms with E-state index in [0.29, 0.717) is 6.54 Å². The van der Waals surface area contributed by atoms with Gasteiger partial charge in [0.2, 0.25) is 0 Å². The van der Waals surface area contributed by atoms with Crippen molar-refractivity contribution in [2.24, 2.45) is 4.99 Å². The first kappa shape index (κ1) is 18.0. The fourth-order valence-corrected chi connectivity index (χ4v) is 3.16. The van der Waals surface area contributed by atoms with Gasteiger partial charge >= 0.3 is 0 Å². The van der Waals surface area contributed by atoms with E-state index in [1.54, 1.807) is 0 Å². The van der Waals surface area contributed by atoms with Gasteiger partial charge in [0.25, 0.3) is 0 Å². The number of halogens is 1. The summed E-state index contributed by atoms with van der Waals surface area (Å²) < 4.78 is 5.49. The summed E-state index contributed by atoms with van der Waals surface area (Å²) in [5.41, 5.74) is 1.14. The minimum Gasteiger partial charge on any atom is -0.379 e. The van der Waals surface area contributed by atoms with Crippen molar-refractivity contribution in [3.8, 4) is 0 Å². The van der Waals surface area contributed by atoms with E-state index in [0.717, 1.165) is 42.8 Å². The van der Waals surface area contributed by atoms with Crippen LogP contribution in [0.1, 0.15) is 11.6 Å². The van der Waals surface area contributed by atoms with Crippen LogP contribution in [-0.4, -0.2) is 81.7 Å². The molecule has 0 bridgehead atoms. The van der Waals surface area contributed by atoms with E-state index in [9.17, 15) is 0 Å². The molecule has 0 spiro atoms. The Bertz CT molecular complexity index is 517. The van der Waals surface area contributed by atoms with Crippen LogP contribution in [0.2, 0.25) is 5.02 Å². The Morgan fingerprint density at radius 3 is 2.35 bits per heavy atom. The van der Waals surface area contributed by atoms with E-state index >= 15 is 0 Å². The molecule has 1 aliphatic heterocycles. The minimum atomic E-state index is 0.169. The molecule has 1 aromatic rings. The molecule has 0 N–H and O–H groups in total. The van der Waals surface area contributed by atoms with Crippen LogP contribution in [0.3, 0.4) is 0 Å². The number of hydrogen-bond donors (Lipinski definition) is 0. The van der Waals surface area contributed by atoms with Crippen molar-refractivity contribution < 1.29 is 4.74 Å². The lowest BCUT2D eigenvalue weighted by Gasteiger charge is -2.35. The Balaban J connectivity index is 2.26. The number of benzene rings is 1. The van der Waals surface area contributed by atoms with E-state index in [-0.39, 0.29) is 6.04 Å². The Kier molecular flexibility index (Phi) is 6.69. The lowest BCUT2D eigenvalue weighted by Crippen LogP contribution is -2.41. The first-order valence-corrected chi connectivity index (χ1v) is 8.34. The largest absolute Gasteiger partial charge is 0.379 e. The SMILES string of the molecule is CN(C)C(=NCC(c1ccccc1Cl)N1CCOCC1)N(C)C. The third-order valence-electron chi connectivity index (χ3n) is 3.96. The van der Waals surface area contributed by atoms with Crippen molar-refractivity contribution >= 4 is 17.6 Å². The summed E-state index contributed by atoms with van der Waals surface area (Å²) in [6.45, 7) is 4.02. The third-order valence-corrected chi connectivity index (χ3v) is 4.30. The van der Waals surface area contributed by atoms with Gasteiger partial charge in [-0.2, -0.15) is 0 Å². The predicted molar refractivity (Wildman–Crippen MR) is 96.3 cm³/mol. The molecule has 1 fully saturated rings. The summed E-state index contributed by atoms with van der Waals surface area (Å²) in [5, 5.41) is 0.801. The fraction of sp³-hybridized carbons (Fsp3) is 0.588. The molecule has 128 valence electrons. The normalized spacial score (nSPS) is 16.7. The second-order valence-electron chi connectivity index (χ2n) is 6.12. The van der Waals surface area contributed by atoms with Gasteiger partial charge in [-0.25, -0.2) is 0 Å². The standard InChI is InChI=1S/C17H27ClN4O/c1-20(2)17(21(3)4)19-13-16(22-9-11-23-12-10-22)14-7-5-6-8-15(14)18/h5-8,16H,9-13H2,1-4H3. The second-order valence-corrected chi connectivity index (χ2v) is 6.52. The van der Waals surface area contributed by atoms with Crippen molar-refractivity contribution in [3.63, 3.8) is 0 Å². The second kappa shape index (κ2) is 8.52. The lowest BCUT2D eigenvalue weighted by molar-refractivity contribution is 0.0179. The number of hydrogen-bond acceptors (Lipinski definition) is 3. The molecule has 0 radical (unpaired) electrons. The summed E-state index contributed by atoms with van der Waals surface area (Å²) in [4.78, 5) is 11.3. The highest BCUT2D eigenvalue weighted by Gasteiger charge is 2.24. The number of rotatable bonds is 4. The zero-order chi connectivity index (χ0) is 16.8. The summed E-state index contributed by atoms with van der Waals surface area (Å²) in [6.07, 6.45) is 0. The molecule has 0 aromatic heterocycles. The Morgan fingerprint density at radius 2 is 1.78 bits per heavy atom. The predicted octanol–water partition coefficient (Wildman–Crippen LogP) is 2.19. The Morgan fingerprint density at radius 1 is 1.17 bits per heavy atom. The van der Waals surface area contributed by atoms with Gasteiger partial charge in [0.05, 0.1) is 25.8 Å². The average Bonchev–Trinajstić information content (AvgIpc) is 2.53. The molecule has 1 heterocycles. The molecule has 6 heteroatoms. The molecule has 0 amide bonds. The van der Waals surface area contributed by atoms with Gasteiger partial charge in [0, 0.05) is 46.3 Å². The van der Waals surface area contributed by atoms with E-state index in [1.807, 2.05) is 56.2 Å². The van der Waals surface area contributed by atoms with E-state index in [1.165, 1.54) is 0 Å². The van der Waals surface area contributed by atoms with E-state index in [2.05, 4.69) is 11.0 Å². The van der Waals surface area contributed by atoms with Crippen molar-refractivity contribution in [3.05, 3.63) is 34.9 Å². The molecule has 1 unspecified atom stereocenters. The quantitative estimate of drug-likeness (QED) is 0.622. The van der Waals surface area contributed by atoms with Gasteiger partial charge in [-0.3, -0.25) is 9.89 Å². The maximum absolute atomic E-state index is 6.45. The number of morpholine rings is 1. The molecule has 2 rings (SSSR count). The van der Waals surface area contributed by atoms with Crippen LogP contribution in [-0.2, 0) is 4.74 Å². The molecule has 5 nitrogen and oxygen atoms in total. The molecular weight excluding hydrogens is 312 g/mol. The van der Waals surface area contributed by atoms with Gasteiger partial charge in [0.15, 0.2) is 5.96 Å². The molecule has 1 atom stereocenters. The maximum Gasteiger partial charge on any atom is 0.195 e. The van der Waals surface area contributed by atoms with Crippen molar-refractivity contribution in [2.45, 2.75) is 6.04 Å². The van der Waals surface area contributed by atoms with Crippen molar-refractivity contribution in [2.75, 3.05) is 61.0 Å². The first-order valence-electron chi connectivity index (χ1n) is 7.96. The highest BCUT2D eigenvalue weighted by Crippen LogP contribution is 2.28. The van der Waals surface area contributed by atoms with Gasteiger partial charge in [-0.1, -0.05) is 29.8 Å². The fourth-order valence-electron chi connectivity index (χ4n) is 2.90. The van der Waals surface area contributed by atoms with Crippen LogP contribution in [0.15, 0.2) is 29.3 Å². The summed E-state index contributed by atoms with van der Waals surface area (Å²) in [5.74, 6) is 0.954. The first-order chi connectivity index (χ1) is 11.0. The van der Waals surface area contributed by atoms with Gasteiger partial charge in [0.1, 0.15) is 0 Å². The molecule has 0 saturated carbocycles. The zero-order valence-corrected chi connectivity index (χ0v) is 15.3. The summed E-state index contributed by atoms with van der Waals surface area (Å²) in [6, 6.07) is 8.23. The Hall–Kier alpha value is -1.30. The van der Waals surface area contributed by atoms with E-state index < -0.39 is 0 Å². The molecule has 1 aliphatic rings. The number of aliphatic imine (C=N–C) groups is 1. The number of guanidine groups is 1. The summed E-state index contributed by atoms with van der Waals surface area (Å²) >= 11 is 6.45. The monoisotopic (exact) mass is 338 g/mol. The van der Waals surface area contributed by atoms with Gasteiger partial charge in [-0.15, -0.1) is 0 Å². The third kappa shape index (κ3) is 4.83. The van der Waals surface area contributed by atoms with Crippen molar-refractivity contribution in [1.29, 1.82) is 0 Å². The van der Waals surface area contributed by atoms with Gasteiger partial charge in [-0.05, 0) is 11.6 Å². The van der Waals surface area contributed by atoms with E-state index in [4.69, 9.17) is 21.3 Å². The average molecular weight is 339 g/mol. The van der Waals surface area contributed by atoms with Gasteiger partial charge < -0.3 is 14.5 Å². The molecule has 23 heavy (non-hydrogen) atoms. The molecule has 0 aliphatic carbocycles. The Labute approximate surface area is 144 Å². The van der Waals surface area contributed by atoms with Crippen LogP contribution < -0.4 is 0 Å². The molecule has 1 saturated heterocycles. The van der Waals surface area contributed by atoms with Crippen LogP contribution in [0.25, 0.3) is 0 Å².